The third-order valence-corrected chi connectivity index (χ3v) is 5.13. The topological polar surface area (TPSA) is 76.1 Å². The van der Waals surface area contributed by atoms with Gasteiger partial charge in [0.2, 0.25) is 5.91 Å². The number of likely N-dealkylation sites (tertiary alicyclic amines) is 1. The zero-order chi connectivity index (χ0) is 18.7. The molecule has 2 N–H and O–H groups in total. The molecule has 2 aliphatic rings. The van der Waals surface area contributed by atoms with E-state index in [0.29, 0.717) is 19.6 Å². The van der Waals surface area contributed by atoms with Crippen LogP contribution in [0.4, 0.5) is 4.79 Å². The minimum atomic E-state index is -0.607. The molecule has 2 heterocycles. The van der Waals surface area contributed by atoms with Crippen molar-refractivity contribution in [2.45, 2.75) is 19.1 Å². The van der Waals surface area contributed by atoms with Crippen molar-refractivity contribution >= 4 is 11.9 Å². The minimum Gasteiger partial charge on any atom is -0.390 e. The van der Waals surface area contributed by atoms with E-state index in [4.69, 9.17) is 0 Å². The normalized spacial score (nSPS) is 18.7. The standard InChI is InChI=1S/C19H28N4O3/c1-21(2)18(25)16-11-23(12-16)19(26)20-9-17(24)13-22-8-7-14-5-3-4-6-15(14)10-22/h3-6,16-17,24H,7-13H2,1-2H3,(H,20,26). The van der Waals surface area contributed by atoms with Crippen LogP contribution in [0.5, 0.6) is 0 Å². The first-order valence-corrected chi connectivity index (χ1v) is 9.15. The molecule has 0 spiro atoms. The quantitative estimate of drug-likeness (QED) is 0.783. The van der Waals surface area contributed by atoms with E-state index in [9.17, 15) is 14.7 Å². The van der Waals surface area contributed by atoms with Crippen LogP contribution in [0, 0.1) is 5.92 Å². The number of amides is 3. The summed E-state index contributed by atoms with van der Waals surface area (Å²) in [6.45, 7) is 3.41. The minimum absolute atomic E-state index is 0.0551. The Hall–Kier alpha value is -2.12. The van der Waals surface area contributed by atoms with Gasteiger partial charge in [0.25, 0.3) is 0 Å². The molecule has 1 unspecified atom stereocenters. The highest BCUT2D eigenvalue weighted by molar-refractivity contribution is 5.83. The van der Waals surface area contributed by atoms with Crippen molar-refractivity contribution in [1.82, 2.24) is 20.0 Å². The van der Waals surface area contributed by atoms with Crippen LogP contribution in [0.25, 0.3) is 0 Å². The first kappa shape index (κ1) is 18.7. The molecule has 142 valence electrons. The fourth-order valence-electron chi connectivity index (χ4n) is 3.56. The fraction of sp³-hybridized carbons (Fsp3) is 0.579. The predicted octanol–water partition coefficient (Wildman–Crippen LogP) is 0.135. The molecule has 3 amide bonds. The molecule has 7 heteroatoms. The van der Waals surface area contributed by atoms with Crippen molar-refractivity contribution in [2.24, 2.45) is 5.92 Å². The largest absolute Gasteiger partial charge is 0.390 e. The van der Waals surface area contributed by atoms with Crippen molar-refractivity contribution in [3.8, 4) is 0 Å². The Morgan fingerprint density at radius 3 is 2.65 bits per heavy atom. The van der Waals surface area contributed by atoms with Crippen LogP contribution in [0.3, 0.4) is 0 Å². The molecular formula is C19H28N4O3. The summed E-state index contributed by atoms with van der Waals surface area (Å²) in [5.74, 6) is -0.0476. The average molecular weight is 360 g/mol. The lowest BCUT2D eigenvalue weighted by atomic mass is 9.99. The Morgan fingerprint density at radius 2 is 1.96 bits per heavy atom. The van der Waals surface area contributed by atoms with Gasteiger partial charge in [0.15, 0.2) is 0 Å². The van der Waals surface area contributed by atoms with Gasteiger partial charge >= 0.3 is 6.03 Å². The van der Waals surface area contributed by atoms with Gasteiger partial charge in [0, 0.05) is 53.4 Å². The molecule has 0 saturated carbocycles. The average Bonchev–Trinajstić information content (AvgIpc) is 2.58. The van der Waals surface area contributed by atoms with Gasteiger partial charge in [0.1, 0.15) is 0 Å². The number of benzene rings is 1. The molecule has 2 aliphatic heterocycles. The lowest BCUT2D eigenvalue weighted by Gasteiger charge is -2.39. The van der Waals surface area contributed by atoms with E-state index in [-0.39, 0.29) is 24.4 Å². The maximum absolute atomic E-state index is 12.1. The van der Waals surface area contributed by atoms with Crippen LogP contribution in [0.15, 0.2) is 24.3 Å². The lowest BCUT2D eigenvalue weighted by molar-refractivity contribution is -0.137. The molecule has 26 heavy (non-hydrogen) atoms. The summed E-state index contributed by atoms with van der Waals surface area (Å²) >= 11 is 0. The summed E-state index contributed by atoms with van der Waals surface area (Å²) in [6, 6.07) is 8.18. The van der Waals surface area contributed by atoms with E-state index in [1.807, 2.05) is 6.07 Å². The molecule has 7 nitrogen and oxygen atoms in total. The molecule has 1 aromatic carbocycles. The summed E-state index contributed by atoms with van der Waals surface area (Å²) in [6.07, 6.45) is 0.384. The molecule has 1 atom stereocenters. The smallest absolute Gasteiger partial charge is 0.317 e. The Labute approximate surface area is 154 Å². The SMILES string of the molecule is CN(C)C(=O)C1CN(C(=O)NCC(O)CN2CCc3ccccc3C2)C1. The molecule has 0 bridgehead atoms. The highest BCUT2D eigenvalue weighted by atomic mass is 16.3. The van der Waals surface area contributed by atoms with Gasteiger partial charge in [-0.25, -0.2) is 4.79 Å². The van der Waals surface area contributed by atoms with E-state index in [1.54, 1.807) is 23.9 Å². The number of rotatable bonds is 5. The number of β-amino-alcohol motifs (C(OH)–C–C–N with tert-alkyl or cyclic N) is 1. The summed E-state index contributed by atoms with van der Waals surface area (Å²) in [5, 5.41) is 13.0. The van der Waals surface area contributed by atoms with Gasteiger partial charge in [-0.2, -0.15) is 0 Å². The van der Waals surface area contributed by atoms with Crippen LogP contribution < -0.4 is 5.32 Å². The van der Waals surface area contributed by atoms with Crippen LogP contribution in [-0.4, -0.2) is 84.7 Å². The number of carbonyl (C=O) groups excluding carboxylic acids is 2. The molecule has 0 aliphatic carbocycles. The van der Waals surface area contributed by atoms with Crippen LogP contribution >= 0.6 is 0 Å². The molecule has 0 aromatic heterocycles. The second kappa shape index (κ2) is 8.05. The van der Waals surface area contributed by atoms with E-state index in [1.165, 1.54) is 11.1 Å². The molecule has 3 rings (SSSR count). The van der Waals surface area contributed by atoms with Crippen molar-refractivity contribution in [2.75, 3.05) is 46.8 Å². The number of fused-ring (bicyclic) bond motifs is 1. The summed E-state index contributed by atoms with van der Waals surface area (Å²) in [7, 11) is 3.45. The third-order valence-electron chi connectivity index (χ3n) is 5.13. The van der Waals surface area contributed by atoms with Gasteiger partial charge in [-0.3, -0.25) is 9.69 Å². The van der Waals surface area contributed by atoms with Crippen molar-refractivity contribution in [3.63, 3.8) is 0 Å². The van der Waals surface area contributed by atoms with E-state index < -0.39 is 6.10 Å². The van der Waals surface area contributed by atoms with E-state index in [0.717, 1.165) is 19.5 Å². The van der Waals surface area contributed by atoms with Gasteiger partial charge < -0.3 is 20.2 Å². The van der Waals surface area contributed by atoms with Gasteiger partial charge in [-0.1, -0.05) is 24.3 Å². The number of carbonyl (C=O) groups is 2. The number of nitrogens with one attached hydrogen (secondary N) is 1. The number of hydrogen-bond acceptors (Lipinski definition) is 4. The van der Waals surface area contributed by atoms with Gasteiger partial charge in [-0.05, 0) is 17.5 Å². The Balaban J connectivity index is 1.37. The van der Waals surface area contributed by atoms with Crippen molar-refractivity contribution in [3.05, 3.63) is 35.4 Å². The summed E-state index contributed by atoms with van der Waals surface area (Å²) in [4.78, 5) is 29.3. The monoisotopic (exact) mass is 360 g/mol. The third kappa shape index (κ3) is 4.34. The number of aliphatic hydroxyl groups is 1. The Bertz CT molecular complexity index is 658. The first-order valence-electron chi connectivity index (χ1n) is 9.15. The Morgan fingerprint density at radius 1 is 1.27 bits per heavy atom. The maximum Gasteiger partial charge on any atom is 0.317 e. The summed E-state index contributed by atoms with van der Waals surface area (Å²) < 4.78 is 0. The zero-order valence-electron chi connectivity index (χ0n) is 15.5. The van der Waals surface area contributed by atoms with Gasteiger partial charge in [-0.15, -0.1) is 0 Å². The van der Waals surface area contributed by atoms with Crippen molar-refractivity contribution in [1.29, 1.82) is 0 Å². The van der Waals surface area contributed by atoms with Crippen LogP contribution in [0.1, 0.15) is 11.1 Å². The molecular weight excluding hydrogens is 332 g/mol. The number of nitrogens with zero attached hydrogens (tertiary/aromatic N) is 3. The molecule has 1 saturated heterocycles. The number of urea groups is 1. The van der Waals surface area contributed by atoms with Crippen LogP contribution in [0.2, 0.25) is 0 Å². The van der Waals surface area contributed by atoms with Crippen LogP contribution in [-0.2, 0) is 17.8 Å². The second-order valence-corrected chi connectivity index (χ2v) is 7.43. The lowest BCUT2D eigenvalue weighted by Crippen LogP contribution is -2.58. The first-order chi connectivity index (χ1) is 12.4. The van der Waals surface area contributed by atoms with Crippen molar-refractivity contribution < 1.29 is 14.7 Å². The number of hydrogen-bond donors (Lipinski definition) is 2. The van der Waals surface area contributed by atoms with E-state index in [2.05, 4.69) is 28.4 Å². The highest BCUT2D eigenvalue weighted by Crippen LogP contribution is 2.19. The number of aliphatic hydroxyl groups excluding tert-OH is 1. The Kier molecular flexibility index (Phi) is 5.78. The fourth-order valence-corrected chi connectivity index (χ4v) is 3.56. The second-order valence-electron chi connectivity index (χ2n) is 7.43. The predicted molar refractivity (Wildman–Crippen MR) is 98.6 cm³/mol. The molecule has 1 aromatic rings. The molecule has 1 fully saturated rings. The zero-order valence-corrected chi connectivity index (χ0v) is 15.5. The van der Waals surface area contributed by atoms with E-state index >= 15 is 0 Å². The highest BCUT2D eigenvalue weighted by Gasteiger charge is 2.36. The van der Waals surface area contributed by atoms with Gasteiger partial charge in [0.05, 0.1) is 12.0 Å². The molecule has 0 radical (unpaired) electrons. The summed E-state index contributed by atoms with van der Waals surface area (Å²) in [5.41, 5.74) is 2.69. The maximum atomic E-state index is 12.1.